The van der Waals surface area contributed by atoms with Crippen molar-refractivity contribution in [2.24, 2.45) is 5.73 Å². The Morgan fingerprint density at radius 2 is 1.69 bits per heavy atom. The van der Waals surface area contributed by atoms with Gasteiger partial charge in [0.25, 0.3) is 5.91 Å². The highest BCUT2D eigenvalue weighted by Crippen LogP contribution is 2.37. The lowest BCUT2D eigenvalue weighted by Gasteiger charge is -2.36. The van der Waals surface area contributed by atoms with Gasteiger partial charge in [-0.25, -0.2) is 19.6 Å². The van der Waals surface area contributed by atoms with Crippen LogP contribution in [0.4, 0.5) is 33.6 Å². The fourth-order valence-corrected chi connectivity index (χ4v) is 5.14. The molecule has 0 fully saturated rings. The van der Waals surface area contributed by atoms with Crippen molar-refractivity contribution in [1.29, 1.82) is 0 Å². The van der Waals surface area contributed by atoms with Gasteiger partial charge in [0.2, 0.25) is 5.95 Å². The molecule has 4 aromatic rings. The minimum atomic E-state index is -0.723. The molecule has 9 nitrogen and oxygen atoms in total. The lowest BCUT2D eigenvalue weighted by atomic mass is 10.1. The molecular formula is C31H33ClN6O3S. The molecule has 0 bridgehead atoms. The number of carbonyl (C=O) groups excluding carboxylic acids is 2. The molecule has 0 saturated carbocycles. The van der Waals surface area contributed by atoms with Gasteiger partial charge in [-0.2, -0.15) is 16.7 Å². The summed E-state index contributed by atoms with van der Waals surface area (Å²) in [5.74, 6) is 1.89. The molecule has 11 heteroatoms. The number of benzene rings is 3. The maximum atomic E-state index is 14.0. The first-order valence-electron chi connectivity index (χ1n) is 13.3. The predicted molar refractivity (Wildman–Crippen MR) is 172 cm³/mol. The van der Waals surface area contributed by atoms with E-state index in [-0.39, 0.29) is 36.8 Å². The maximum Gasteiger partial charge on any atom is 0.335 e. The standard InChI is InChI=1S/C31H32N6O3S.ClH/c1-40-26-17-15-23(16-18-26)35-21-22-20-33-30(34-28(22)36(31(35)39)24-10-5-3-6-11-24)37(25-12-7-4-8-13-25)29(38)27(32)14-9-19-41-2;/h3-8,10-13,15-18,20,27H,9,14,19,21,32H2,1-2H3;1H/t27-;/m1./s1. The Morgan fingerprint density at radius 1 is 1.02 bits per heavy atom. The summed E-state index contributed by atoms with van der Waals surface area (Å²) in [4.78, 5) is 41.9. The topological polar surface area (TPSA) is 105 Å². The van der Waals surface area contributed by atoms with Crippen LogP contribution < -0.4 is 25.2 Å². The van der Waals surface area contributed by atoms with Crippen LogP contribution in [0.1, 0.15) is 18.4 Å². The highest BCUT2D eigenvalue weighted by Gasteiger charge is 2.36. The molecule has 3 aromatic carbocycles. The number of fused-ring (bicyclic) bond motifs is 1. The molecule has 0 radical (unpaired) electrons. The number of hydrogen-bond acceptors (Lipinski definition) is 7. The van der Waals surface area contributed by atoms with Gasteiger partial charge >= 0.3 is 6.03 Å². The van der Waals surface area contributed by atoms with Crippen LogP contribution in [0.5, 0.6) is 5.75 Å². The van der Waals surface area contributed by atoms with Crippen molar-refractivity contribution >= 4 is 64.9 Å². The number of aromatic nitrogens is 2. The molecule has 1 atom stereocenters. The SMILES string of the molecule is COc1ccc(N2Cc3cnc(N(C(=O)[C@H](N)CCCSC)c4ccccc4)nc3N(c3ccccc3)C2=O)cc1.Cl. The molecule has 0 saturated heterocycles. The third-order valence-electron chi connectivity index (χ3n) is 6.81. The van der Waals surface area contributed by atoms with Crippen LogP contribution in [0.15, 0.2) is 91.1 Å². The van der Waals surface area contributed by atoms with Crippen molar-refractivity contribution in [3.63, 3.8) is 0 Å². The molecule has 3 amide bonds. The van der Waals surface area contributed by atoms with E-state index in [2.05, 4.69) is 4.98 Å². The second-order valence-electron chi connectivity index (χ2n) is 9.51. The van der Waals surface area contributed by atoms with Gasteiger partial charge in [0, 0.05) is 17.4 Å². The summed E-state index contributed by atoms with van der Waals surface area (Å²) in [5, 5.41) is 0. The van der Waals surface area contributed by atoms with E-state index in [0.717, 1.165) is 17.7 Å². The van der Waals surface area contributed by atoms with Crippen molar-refractivity contribution in [3.8, 4) is 5.75 Å². The fraction of sp³-hybridized carbons (Fsp3) is 0.226. The zero-order chi connectivity index (χ0) is 28.8. The Balaban J connectivity index is 0.00000405. The Hall–Kier alpha value is -4.12. The Kier molecular flexibility index (Phi) is 10.4. The van der Waals surface area contributed by atoms with Crippen molar-refractivity contribution in [2.75, 3.05) is 33.8 Å². The van der Waals surface area contributed by atoms with Crippen LogP contribution in [0, 0.1) is 0 Å². The monoisotopic (exact) mass is 604 g/mol. The second kappa shape index (κ2) is 14.2. The van der Waals surface area contributed by atoms with Gasteiger partial charge < -0.3 is 10.5 Å². The van der Waals surface area contributed by atoms with E-state index < -0.39 is 6.04 Å². The average molecular weight is 605 g/mol. The molecule has 1 aromatic heterocycles. The highest BCUT2D eigenvalue weighted by atomic mass is 35.5. The molecule has 0 unspecified atom stereocenters. The highest BCUT2D eigenvalue weighted by molar-refractivity contribution is 7.98. The van der Waals surface area contributed by atoms with Crippen molar-refractivity contribution in [3.05, 3.63) is 96.7 Å². The lowest BCUT2D eigenvalue weighted by molar-refractivity contribution is -0.119. The van der Waals surface area contributed by atoms with Gasteiger partial charge in [-0.15, -0.1) is 12.4 Å². The number of rotatable bonds is 10. The van der Waals surface area contributed by atoms with Gasteiger partial charge in [-0.1, -0.05) is 36.4 Å². The lowest BCUT2D eigenvalue weighted by Crippen LogP contribution is -2.46. The van der Waals surface area contributed by atoms with Gasteiger partial charge in [0.05, 0.1) is 31.1 Å². The zero-order valence-corrected chi connectivity index (χ0v) is 25.1. The normalized spacial score (nSPS) is 13.2. The number of amides is 3. The van der Waals surface area contributed by atoms with Crippen molar-refractivity contribution < 1.29 is 14.3 Å². The van der Waals surface area contributed by atoms with E-state index in [0.29, 0.717) is 35.1 Å². The molecule has 2 heterocycles. The third kappa shape index (κ3) is 6.51. The minimum Gasteiger partial charge on any atom is -0.497 e. The van der Waals surface area contributed by atoms with Crippen LogP contribution in [0.25, 0.3) is 0 Å². The number of hydrogen-bond donors (Lipinski definition) is 1. The van der Waals surface area contributed by atoms with E-state index in [1.165, 1.54) is 4.90 Å². The van der Waals surface area contributed by atoms with E-state index in [1.807, 2.05) is 91.2 Å². The molecule has 218 valence electrons. The minimum absolute atomic E-state index is 0. The second-order valence-corrected chi connectivity index (χ2v) is 10.5. The number of halogens is 1. The number of anilines is 5. The number of carbonyl (C=O) groups is 2. The molecule has 42 heavy (non-hydrogen) atoms. The number of nitrogens with two attached hydrogens (primary N) is 1. The maximum absolute atomic E-state index is 14.0. The molecule has 2 N–H and O–H groups in total. The van der Waals surface area contributed by atoms with E-state index in [9.17, 15) is 9.59 Å². The van der Waals surface area contributed by atoms with Crippen LogP contribution in [-0.2, 0) is 11.3 Å². The summed E-state index contributed by atoms with van der Waals surface area (Å²) in [6.45, 7) is 0.261. The molecule has 0 aliphatic carbocycles. The van der Waals surface area contributed by atoms with Gasteiger partial charge in [-0.05, 0) is 73.4 Å². The largest absolute Gasteiger partial charge is 0.497 e. The summed E-state index contributed by atoms with van der Waals surface area (Å²) in [6.07, 6.45) is 5.07. The number of nitrogens with zero attached hydrogens (tertiary/aromatic N) is 5. The summed E-state index contributed by atoms with van der Waals surface area (Å²) in [6, 6.07) is 24.8. The fourth-order valence-electron chi connectivity index (χ4n) is 4.68. The van der Waals surface area contributed by atoms with Crippen LogP contribution in [0.2, 0.25) is 0 Å². The van der Waals surface area contributed by atoms with Crippen molar-refractivity contribution in [1.82, 2.24) is 9.97 Å². The Bertz CT molecular complexity index is 1490. The number of thioether (sulfide) groups is 1. The number of methoxy groups -OCH3 is 1. The predicted octanol–water partition coefficient (Wildman–Crippen LogP) is 6.32. The molecule has 1 aliphatic rings. The quantitative estimate of drug-likeness (QED) is 0.211. The molecule has 0 spiro atoms. The Labute approximate surface area is 256 Å². The summed E-state index contributed by atoms with van der Waals surface area (Å²) in [7, 11) is 1.60. The zero-order valence-electron chi connectivity index (χ0n) is 23.4. The van der Waals surface area contributed by atoms with Gasteiger partial charge in [0.15, 0.2) is 5.82 Å². The average Bonchev–Trinajstić information content (AvgIpc) is 3.02. The van der Waals surface area contributed by atoms with Gasteiger partial charge in [0.1, 0.15) is 5.75 Å². The van der Waals surface area contributed by atoms with E-state index in [1.54, 1.807) is 34.9 Å². The number of para-hydroxylation sites is 2. The molecule has 1 aliphatic heterocycles. The summed E-state index contributed by atoms with van der Waals surface area (Å²) >= 11 is 1.72. The number of ether oxygens (including phenoxy) is 1. The third-order valence-corrected chi connectivity index (χ3v) is 7.50. The first-order valence-corrected chi connectivity index (χ1v) is 14.7. The van der Waals surface area contributed by atoms with E-state index in [4.69, 9.17) is 15.5 Å². The van der Waals surface area contributed by atoms with Crippen molar-refractivity contribution in [2.45, 2.75) is 25.4 Å². The van der Waals surface area contributed by atoms with Crippen LogP contribution >= 0.6 is 24.2 Å². The summed E-state index contributed by atoms with van der Waals surface area (Å²) in [5.41, 5.74) is 9.07. The molecular weight excluding hydrogens is 572 g/mol. The van der Waals surface area contributed by atoms with Crippen LogP contribution in [0.3, 0.4) is 0 Å². The molecule has 5 rings (SSSR count). The first kappa shape index (κ1) is 30.8. The van der Waals surface area contributed by atoms with E-state index >= 15 is 0 Å². The smallest absolute Gasteiger partial charge is 0.335 e. The Morgan fingerprint density at radius 3 is 2.33 bits per heavy atom. The summed E-state index contributed by atoms with van der Waals surface area (Å²) < 4.78 is 5.29. The van der Waals surface area contributed by atoms with Crippen LogP contribution in [-0.4, -0.2) is 47.1 Å². The number of urea groups is 1. The first-order chi connectivity index (χ1) is 20.0. The van der Waals surface area contributed by atoms with Gasteiger partial charge in [-0.3, -0.25) is 9.69 Å².